The smallest absolute Gasteiger partial charge is 0.385 e. The van der Waals surface area contributed by atoms with E-state index in [1.54, 1.807) is 0 Å². The zero-order chi connectivity index (χ0) is 12.2. The summed E-state index contributed by atoms with van der Waals surface area (Å²) < 4.78 is 40.9. The molecule has 88 valence electrons. The van der Waals surface area contributed by atoms with Gasteiger partial charge in [-0.05, 0) is 0 Å². The number of hydrogen-bond acceptors (Lipinski definition) is 5. The van der Waals surface area contributed by atoms with E-state index in [9.17, 15) is 13.2 Å². The van der Waals surface area contributed by atoms with Crippen LogP contribution >= 0.6 is 11.6 Å². The summed E-state index contributed by atoms with van der Waals surface area (Å²) in [6, 6.07) is -0.918. The molecule has 0 amide bonds. The van der Waals surface area contributed by atoms with Gasteiger partial charge in [0.1, 0.15) is 0 Å². The Hall–Kier alpha value is -1.57. The van der Waals surface area contributed by atoms with Crippen molar-refractivity contribution in [2.45, 2.75) is 5.57 Å². The average molecular weight is 255 g/mol. The third kappa shape index (κ3) is 4.30. The molecule has 0 saturated carbocycles. The van der Waals surface area contributed by atoms with Crippen molar-refractivity contribution in [3.8, 4) is 6.01 Å². The molecule has 0 spiro atoms. The van der Waals surface area contributed by atoms with Crippen molar-refractivity contribution in [1.29, 1.82) is 0 Å². The van der Waals surface area contributed by atoms with E-state index >= 15 is 0 Å². The Bertz CT molecular complexity index is 384. The molecule has 1 N–H and O–H groups in total. The third-order valence-electron chi connectivity index (χ3n) is 1.20. The fraction of sp³-hybridized carbons (Fsp3) is 0.286. The van der Waals surface area contributed by atoms with E-state index < -0.39 is 17.7 Å². The van der Waals surface area contributed by atoms with Crippen LogP contribution in [0.3, 0.4) is 0 Å². The van der Waals surface area contributed by atoms with Crippen LogP contribution in [0.25, 0.3) is 0 Å². The van der Waals surface area contributed by atoms with Crippen molar-refractivity contribution in [3.63, 3.8) is 0 Å². The van der Waals surface area contributed by atoms with Crippen molar-refractivity contribution < 1.29 is 17.9 Å². The number of anilines is 1. The molecule has 0 atom stereocenters. The second kappa shape index (κ2) is 4.97. The first-order chi connectivity index (χ1) is 7.40. The fourth-order valence-corrected chi connectivity index (χ4v) is 0.793. The first-order valence-electron chi connectivity index (χ1n) is 3.93. The molecule has 0 radical (unpaired) electrons. The van der Waals surface area contributed by atoms with Crippen molar-refractivity contribution in [2.75, 3.05) is 11.9 Å². The van der Waals surface area contributed by atoms with E-state index in [-0.39, 0.29) is 12.5 Å². The van der Waals surface area contributed by atoms with E-state index in [4.69, 9.17) is 0 Å². The number of nitrogens with zero attached hydrogens (tertiary/aromatic N) is 3. The molecule has 0 aliphatic rings. The number of ether oxygens (including phenoxy) is 1. The molecule has 0 bridgehead atoms. The molecule has 0 aliphatic heterocycles. The van der Waals surface area contributed by atoms with E-state index in [0.29, 0.717) is 0 Å². The Morgan fingerprint density at radius 2 is 2.12 bits per heavy atom. The molecular weight excluding hydrogens is 249 g/mol. The second-order valence-electron chi connectivity index (χ2n) is 2.43. The maximum Gasteiger partial charge on any atom is 0.489 e. The molecule has 1 rings (SSSR count). The summed E-state index contributed by atoms with van der Waals surface area (Å²) in [4.78, 5) is 9.42. The van der Waals surface area contributed by atoms with E-state index in [1.807, 2.05) is 0 Å². The first kappa shape index (κ1) is 12.5. The standard InChI is InChI=1S/C7H6ClF3N4O/c1-2-3-12-5-13-4(9)14-6(15-5)16-7(8,10)11/h2H,1,3H2,(H,12,13,14,15). The summed E-state index contributed by atoms with van der Waals surface area (Å²) in [5.74, 6) is -0.261. The van der Waals surface area contributed by atoms with Gasteiger partial charge in [-0.2, -0.15) is 14.4 Å². The molecule has 16 heavy (non-hydrogen) atoms. The van der Waals surface area contributed by atoms with Gasteiger partial charge in [0.15, 0.2) is 0 Å². The predicted octanol–water partition coefficient (Wildman–Crippen LogP) is 1.78. The van der Waals surface area contributed by atoms with Crippen LogP contribution in [0.4, 0.5) is 19.1 Å². The normalized spacial score (nSPS) is 11.0. The van der Waals surface area contributed by atoms with Gasteiger partial charge < -0.3 is 10.1 Å². The molecule has 5 nitrogen and oxygen atoms in total. The number of halogens is 4. The Morgan fingerprint density at radius 1 is 1.44 bits per heavy atom. The summed E-state index contributed by atoms with van der Waals surface area (Å²) in [5.41, 5.74) is -4.01. The number of alkyl halides is 3. The topological polar surface area (TPSA) is 59.9 Å². The summed E-state index contributed by atoms with van der Waals surface area (Å²) >= 11 is 4.46. The second-order valence-corrected chi connectivity index (χ2v) is 2.87. The Morgan fingerprint density at radius 3 is 2.69 bits per heavy atom. The zero-order valence-electron chi connectivity index (χ0n) is 7.75. The van der Waals surface area contributed by atoms with Gasteiger partial charge in [-0.1, -0.05) is 6.08 Å². The molecule has 1 heterocycles. The van der Waals surface area contributed by atoms with Crippen LogP contribution in [-0.4, -0.2) is 27.1 Å². The first-order valence-corrected chi connectivity index (χ1v) is 4.30. The maximum absolute atomic E-state index is 12.7. The van der Waals surface area contributed by atoms with Crippen molar-refractivity contribution in [3.05, 3.63) is 18.7 Å². The number of nitrogens with one attached hydrogen (secondary N) is 1. The van der Waals surface area contributed by atoms with Gasteiger partial charge in [0.05, 0.1) is 0 Å². The van der Waals surface area contributed by atoms with Gasteiger partial charge >= 0.3 is 17.7 Å². The van der Waals surface area contributed by atoms with Gasteiger partial charge in [0.2, 0.25) is 5.95 Å². The molecule has 0 fully saturated rings. The van der Waals surface area contributed by atoms with Crippen LogP contribution in [0, 0.1) is 6.08 Å². The van der Waals surface area contributed by atoms with Gasteiger partial charge in [0.25, 0.3) is 0 Å². The largest absolute Gasteiger partial charge is 0.489 e. The molecule has 1 aromatic heterocycles. The van der Waals surface area contributed by atoms with Crippen molar-refractivity contribution in [1.82, 2.24) is 15.0 Å². The lowest BCUT2D eigenvalue weighted by atomic mass is 10.6. The Labute approximate surface area is 93.3 Å². The van der Waals surface area contributed by atoms with E-state index in [0.717, 1.165) is 0 Å². The summed E-state index contributed by atoms with van der Waals surface area (Å²) in [7, 11) is 0. The van der Waals surface area contributed by atoms with Crippen molar-refractivity contribution in [2.24, 2.45) is 0 Å². The Kier molecular flexibility index (Phi) is 3.88. The van der Waals surface area contributed by atoms with Gasteiger partial charge in [-0.3, -0.25) is 0 Å². The monoisotopic (exact) mass is 254 g/mol. The molecule has 0 aromatic carbocycles. The SMILES string of the molecule is C=CCNc1nc(F)nc(OC(F)(F)Cl)n1. The lowest BCUT2D eigenvalue weighted by Crippen LogP contribution is -2.19. The highest BCUT2D eigenvalue weighted by Crippen LogP contribution is 2.22. The van der Waals surface area contributed by atoms with E-state index in [2.05, 4.69) is 43.2 Å². The van der Waals surface area contributed by atoms with Crippen LogP contribution in [0.1, 0.15) is 0 Å². The third-order valence-corrected chi connectivity index (χ3v) is 1.28. The lowest BCUT2D eigenvalue weighted by molar-refractivity contribution is -0.102. The van der Waals surface area contributed by atoms with Gasteiger partial charge in [-0.15, -0.1) is 20.3 Å². The van der Waals surface area contributed by atoms with Crippen molar-refractivity contribution >= 4 is 17.5 Å². The van der Waals surface area contributed by atoms with Crippen LogP contribution in [0.2, 0.25) is 0 Å². The molecule has 1 aromatic rings. The molecular formula is C7H6ClF3N4O. The minimum Gasteiger partial charge on any atom is -0.385 e. The van der Waals surface area contributed by atoms with Gasteiger partial charge in [-0.25, -0.2) is 0 Å². The number of hydrogen-bond donors (Lipinski definition) is 1. The summed E-state index contributed by atoms with van der Waals surface area (Å²) in [5, 5.41) is 2.47. The molecule has 0 aliphatic carbocycles. The maximum atomic E-state index is 12.7. The minimum absolute atomic E-state index is 0.222. The average Bonchev–Trinajstić information content (AvgIpc) is 2.10. The minimum atomic E-state index is -4.01. The van der Waals surface area contributed by atoms with Crippen LogP contribution in [-0.2, 0) is 0 Å². The summed E-state index contributed by atoms with van der Waals surface area (Å²) in [6.45, 7) is 3.60. The zero-order valence-corrected chi connectivity index (χ0v) is 8.51. The number of aromatic nitrogens is 3. The number of rotatable bonds is 5. The Balaban J connectivity index is 2.85. The van der Waals surface area contributed by atoms with Crippen LogP contribution < -0.4 is 10.1 Å². The summed E-state index contributed by atoms with van der Waals surface area (Å²) in [6.07, 6.45) is 0.177. The highest BCUT2D eigenvalue weighted by atomic mass is 35.5. The highest BCUT2D eigenvalue weighted by Gasteiger charge is 2.29. The highest BCUT2D eigenvalue weighted by molar-refractivity contribution is 6.20. The predicted molar refractivity (Wildman–Crippen MR) is 49.9 cm³/mol. The molecule has 0 saturated heterocycles. The molecule has 0 unspecified atom stereocenters. The fourth-order valence-electron chi connectivity index (χ4n) is 0.724. The van der Waals surface area contributed by atoms with E-state index in [1.165, 1.54) is 6.08 Å². The van der Waals surface area contributed by atoms with Crippen LogP contribution in [0.15, 0.2) is 12.7 Å². The lowest BCUT2D eigenvalue weighted by Gasteiger charge is -2.09. The molecule has 9 heteroatoms. The van der Waals surface area contributed by atoms with Gasteiger partial charge in [0, 0.05) is 18.1 Å². The van der Waals surface area contributed by atoms with Crippen LogP contribution in [0.5, 0.6) is 6.01 Å². The quantitative estimate of drug-likeness (QED) is 0.641.